The lowest BCUT2D eigenvalue weighted by atomic mass is 10.2. The molecule has 1 aromatic carbocycles. The van der Waals surface area contributed by atoms with Gasteiger partial charge in [0.1, 0.15) is 13.4 Å². The van der Waals surface area contributed by atoms with Gasteiger partial charge in [0.15, 0.2) is 34.0 Å². The number of likely N-dealkylation sites (N-methyl/N-ethyl adjacent to an activating group) is 1. The van der Waals surface area contributed by atoms with Crippen molar-refractivity contribution in [3.8, 4) is 0 Å². The molecule has 0 fully saturated rings. The first-order chi connectivity index (χ1) is 15.6. The van der Waals surface area contributed by atoms with Gasteiger partial charge in [0.05, 0.1) is 5.56 Å². The van der Waals surface area contributed by atoms with Gasteiger partial charge in [-0.1, -0.05) is 13.8 Å². The van der Waals surface area contributed by atoms with Gasteiger partial charge in [-0.25, -0.2) is 9.59 Å². The Morgan fingerprint density at radius 3 is 1.97 bits per heavy atom. The molecule has 0 bridgehead atoms. The largest absolute Gasteiger partial charge is 0.461 e. The van der Waals surface area contributed by atoms with Crippen LogP contribution in [0.15, 0.2) is 24.3 Å². The molecule has 1 aromatic rings. The molecule has 0 radical (unpaired) electrons. The lowest BCUT2D eigenvalue weighted by Crippen LogP contribution is -2.27. The monoisotopic (exact) mass is 460 g/mol. The summed E-state index contributed by atoms with van der Waals surface area (Å²) in [6.07, 6.45) is -0.729. The first-order valence-corrected chi connectivity index (χ1v) is 10.0. The molecule has 32 heavy (non-hydrogen) atoms. The Morgan fingerprint density at radius 2 is 1.41 bits per heavy atom. The van der Waals surface area contributed by atoms with Gasteiger partial charge in [0, 0.05) is 12.2 Å². The molecule has 12 nitrogen and oxygen atoms in total. The molecule has 1 amide bonds. The third-order valence-electron chi connectivity index (χ3n) is 3.93. The van der Waals surface area contributed by atoms with Crippen LogP contribution < -0.4 is 5.32 Å². The molecule has 2 N–H and O–H groups in total. The van der Waals surface area contributed by atoms with Crippen LogP contribution in [0.2, 0.25) is 0 Å². The molecule has 12 heteroatoms. The number of carbonyl (C=O) groups is 2. The second-order valence-corrected chi connectivity index (χ2v) is 6.04. The van der Waals surface area contributed by atoms with Crippen molar-refractivity contribution in [2.24, 2.45) is 0 Å². The van der Waals surface area contributed by atoms with E-state index in [1.807, 2.05) is 0 Å². The Bertz CT molecular complexity index is 625. The number of ether oxygens (including phenoxy) is 7. The molecule has 0 aliphatic rings. The molecule has 0 spiro atoms. The summed E-state index contributed by atoms with van der Waals surface area (Å²) in [6.45, 7) is 5.69. The van der Waals surface area contributed by atoms with Crippen molar-refractivity contribution in [1.82, 2.24) is 4.90 Å². The summed E-state index contributed by atoms with van der Waals surface area (Å²) in [5.74, 6) is -0.422. The van der Waals surface area contributed by atoms with Crippen molar-refractivity contribution in [1.29, 1.82) is 0 Å². The van der Waals surface area contributed by atoms with Crippen molar-refractivity contribution in [3.05, 3.63) is 29.8 Å². The molecule has 0 aliphatic heterocycles. The molecule has 0 aliphatic carbocycles. The topological polar surface area (TPSA) is 134 Å². The van der Waals surface area contributed by atoms with E-state index >= 15 is 0 Å². The van der Waals surface area contributed by atoms with E-state index in [1.54, 1.807) is 24.3 Å². The number of rotatable bonds is 18. The van der Waals surface area contributed by atoms with Crippen molar-refractivity contribution in [3.63, 3.8) is 0 Å². The van der Waals surface area contributed by atoms with Crippen LogP contribution in [-0.4, -0.2) is 89.1 Å². The van der Waals surface area contributed by atoms with Gasteiger partial charge in [-0.3, -0.25) is 5.32 Å². The molecule has 182 valence electrons. The summed E-state index contributed by atoms with van der Waals surface area (Å²) in [5, 5.41) is 10.9. The highest BCUT2D eigenvalue weighted by atomic mass is 16.8. The first kappa shape index (κ1) is 27.7. The number of nitrogens with zero attached hydrogens (tertiary/aromatic N) is 1. The molecular formula is C20H32N2O10. The number of aliphatic hydroxyl groups excluding tert-OH is 1. The fraction of sp³-hybridized carbons (Fsp3) is 0.600. The summed E-state index contributed by atoms with van der Waals surface area (Å²) in [6, 6.07) is 6.24. The summed E-state index contributed by atoms with van der Waals surface area (Å²) < 4.78 is 34.3. The molecule has 0 unspecified atom stereocenters. The quantitative estimate of drug-likeness (QED) is 0.188. The second kappa shape index (κ2) is 18.3. The minimum Gasteiger partial charge on any atom is -0.461 e. The zero-order valence-electron chi connectivity index (χ0n) is 18.4. The van der Waals surface area contributed by atoms with Gasteiger partial charge in [-0.2, -0.15) is 0 Å². The van der Waals surface area contributed by atoms with E-state index in [9.17, 15) is 9.59 Å². The summed E-state index contributed by atoms with van der Waals surface area (Å²) in [4.78, 5) is 25.9. The Morgan fingerprint density at radius 1 is 0.844 bits per heavy atom. The minimum atomic E-state index is -0.729. The number of esters is 1. The highest BCUT2D eigenvalue weighted by Gasteiger charge is 2.09. The van der Waals surface area contributed by atoms with E-state index in [2.05, 4.69) is 28.8 Å². The average molecular weight is 460 g/mol. The number of carbonyl (C=O) groups excluding carboxylic acids is 2. The third kappa shape index (κ3) is 13.2. The normalized spacial score (nSPS) is 10.9. The maximum Gasteiger partial charge on any atom is 0.413 e. The highest BCUT2D eigenvalue weighted by molar-refractivity contribution is 5.91. The number of aliphatic hydroxyl groups is 1. The Hall–Kier alpha value is -2.32. The van der Waals surface area contributed by atoms with Crippen LogP contribution in [0.5, 0.6) is 0 Å². The smallest absolute Gasteiger partial charge is 0.413 e. The van der Waals surface area contributed by atoms with Crippen molar-refractivity contribution < 1.29 is 47.9 Å². The number of hydrogen-bond acceptors (Lipinski definition) is 11. The molecule has 0 atom stereocenters. The van der Waals surface area contributed by atoms with Gasteiger partial charge in [0.25, 0.3) is 0 Å². The lowest BCUT2D eigenvalue weighted by molar-refractivity contribution is -0.207. The van der Waals surface area contributed by atoms with Gasteiger partial charge in [-0.05, 0) is 37.4 Å². The van der Waals surface area contributed by atoms with Crippen molar-refractivity contribution in [2.45, 2.75) is 13.8 Å². The zero-order valence-corrected chi connectivity index (χ0v) is 18.4. The maximum absolute atomic E-state index is 12.1. The van der Waals surface area contributed by atoms with Crippen molar-refractivity contribution >= 4 is 17.7 Å². The summed E-state index contributed by atoms with van der Waals surface area (Å²) >= 11 is 0. The molecular weight excluding hydrogens is 428 g/mol. The number of benzene rings is 1. The first-order valence-electron chi connectivity index (χ1n) is 10.0. The molecule has 0 saturated heterocycles. The van der Waals surface area contributed by atoms with E-state index in [4.69, 9.17) is 33.5 Å². The van der Waals surface area contributed by atoms with E-state index < -0.39 is 18.9 Å². The molecule has 0 saturated carbocycles. The molecule has 0 aromatic heterocycles. The summed E-state index contributed by atoms with van der Waals surface area (Å²) in [7, 11) is 0. The number of amides is 1. The standard InChI is InChI=1S/C20H32N2O10/c1-3-22(4-2)9-10-31-19(24)17-5-7-18(8-6-17)21-20(25)32-16-30-15-29-14-28-13-27-12-26-11-23/h5-8,23H,3-4,9-16H2,1-2H3,(H,21,25). The minimum absolute atomic E-state index is 0.0776. The Kier molecular flexibility index (Phi) is 15.8. The molecule has 0 heterocycles. The van der Waals surface area contributed by atoms with Crippen LogP contribution in [0.3, 0.4) is 0 Å². The number of nitrogens with one attached hydrogen (secondary N) is 1. The highest BCUT2D eigenvalue weighted by Crippen LogP contribution is 2.11. The summed E-state index contributed by atoms with van der Waals surface area (Å²) in [5.41, 5.74) is 0.835. The second-order valence-electron chi connectivity index (χ2n) is 6.04. The van der Waals surface area contributed by atoms with Crippen molar-refractivity contribution in [2.75, 3.05) is 72.3 Å². The van der Waals surface area contributed by atoms with Gasteiger partial charge in [0.2, 0.25) is 0 Å². The van der Waals surface area contributed by atoms with Gasteiger partial charge < -0.3 is 43.2 Å². The Balaban J connectivity index is 2.12. The zero-order chi connectivity index (χ0) is 23.4. The fourth-order valence-corrected chi connectivity index (χ4v) is 2.24. The van der Waals surface area contributed by atoms with Crippen LogP contribution in [0, 0.1) is 0 Å². The fourth-order valence-electron chi connectivity index (χ4n) is 2.24. The number of anilines is 1. The third-order valence-corrected chi connectivity index (χ3v) is 3.93. The maximum atomic E-state index is 12.1. The predicted molar refractivity (Wildman–Crippen MR) is 111 cm³/mol. The predicted octanol–water partition coefficient (Wildman–Crippen LogP) is 1.55. The molecule has 1 rings (SSSR count). The Labute approximate surface area is 187 Å². The van der Waals surface area contributed by atoms with Gasteiger partial charge in [-0.15, -0.1) is 0 Å². The van der Waals surface area contributed by atoms with E-state index in [1.165, 1.54) is 0 Å². The van der Waals surface area contributed by atoms with Crippen LogP contribution in [0.25, 0.3) is 0 Å². The van der Waals surface area contributed by atoms with Crippen LogP contribution in [0.4, 0.5) is 10.5 Å². The van der Waals surface area contributed by atoms with E-state index in [0.717, 1.165) is 13.1 Å². The SMILES string of the molecule is CCN(CC)CCOC(=O)c1ccc(NC(=O)OCOCOCOCOCOCO)cc1. The van der Waals surface area contributed by atoms with Gasteiger partial charge >= 0.3 is 12.1 Å². The van der Waals surface area contributed by atoms with E-state index in [-0.39, 0.29) is 34.0 Å². The average Bonchev–Trinajstić information content (AvgIpc) is 2.80. The number of hydrogen-bond donors (Lipinski definition) is 2. The van der Waals surface area contributed by atoms with Crippen LogP contribution in [-0.2, 0) is 33.2 Å². The van der Waals surface area contributed by atoms with Crippen LogP contribution >= 0.6 is 0 Å². The van der Waals surface area contributed by atoms with Crippen LogP contribution in [0.1, 0.15) is 24.2 Å². The van der Waals surface area contributed by atoms with E-state index in [0.29, 0.717) is 24.4 Å². The lowest BCUT2D eigenvalue weighted by Gasteiger charge is -2.17.